The van der Waals surface area contributed by atoms with Crippen LogP contribution in [0.25, 0.3) is 5.69 Å². The van der Waals surface area contributed by atoms with E-state index in [0.29, 0.717) is 5.02 Å². The average Bonchev–Trinajstić information content (AvgIpc) is 2.64. The smallest absolute Gasteiger partial charge is 0.102 e. The molecule has 2 aromatic rings. The molecule has 1 aromatic heterocycles. The quantitative estimate of drug-likeness (QED) is 0.891. The molecule has 0 aliphatic heterocycles. The minimum absolute atomic E-state index is 0.122. The second-order valence-electron chi connectivity index (χ2n) is 4.19. The monoisotopic (exact) mass is 250 g/mol. The minimum Gasteiger partial charge on any atom is -0.323 e. The van der Waals surface area contributed by atoms with Gasteiger partial charge in [-0.1, -0.05) is 22.9 Å². The van der Waals surface area contributed by atoms with Crippen LogP contribution in [0.4, 0.5) is 0 Å². The van der Waals surface area contributed by atoms with Crippen molar-refractivity contribution in [3.63, 3.8) is 0 Å². The number of rotatable bonds is 2. The van der Waals surface area contributed by atoms with Gasteiger partial charge in [-0.15, -0.1) is 5.10 Å². The van der Waals surface area contributed by atoms with E-state index in [0.717, 1.165) is 22.6 Å². The summed E-state index contributed by atoms with van der Waals surface area (Å²) in [5.41, 5.74) is 9.63. The summed E-state index contributed by atoms with van der Waals surface area (Å²) in [5.74, 6) is 0. The van der Waals surface area contributed by atoms with Crippen LogP contribution in [0.3, 0.4) is 0 Å². The zero-order valence-electron chi connectivity index (χ0n) is 10.1. The Labute approximate surface area is 105 Å². The standard InChI is InChI=1S/C12H15ClN4/c1-7-4-5-10(13)6-11(7)17-9(3)12(8(2)14)15-16-17/h4-6,8H,14H2,1-3H3. The average molecular weight is 251 g/mol. The van der Waals surface area contributed by atoms with Crippen molar-refractivity contribution < 1.29 is 0 Å². The number of aryl methyl sites for hydroxylation is 1. The summed E-state index contributed by atoms with van der Waals surface area (Å²) in [5, 5.41) is 8.93. The molecule has 0 bridgehead atoms. The fraction of sp³-hybridized carbons (Fsp3) is 0.333. The summed E-state index contributed by atoms with van der Waals surface area (Å²) < 4.78 is 1.78. The highest BCUT2D eigenvalue weighted by atomic mass is 35.5. The normalized spacial score (nSPS) is 12.8. The molecular weight excluding hydrogens is 236 g/mol. The van der Waals surface area contributed by atoms with Crippen LogP contribution in [-0.4, -0.2) is 15.0 Å². The van der Waals surface area contributed by atoms with Crippen LogP contribution in [0.15, 0.2) is 18.2 Å². The van der Waals surface area contributed by atoms with Crippen molar-refractivity contribution >= 4 is 11.6 Å². The van der Waals surface area contributed by atoms with Gasteiger partial charge in [0.2, 0.25) is 0 Å². The molecule has 0 spiro atoms. The Kier molecular flexibility index (Phi) is 3.17. The lowest BCUT2D eigenvalue weighted by molar-refractivity contribution is 0.755. The number of hydrogen-bond acceptors (Lipinski definition) is 3. The van der Waals surface area contributed by atoms with Crippen LogP contribution in [-0.2, 0) is 0 Å². The van der Waals surface area contributed by atoms with Gasteiger partial charge >= 0.3 is 0 Å². The Morgan fingerprint density at radius 1 is 1.35 bits per heavy atom. The highest BCUT2D eigenvalue weighted by Crippen LogP contribution is 2.22. The summed E-state index contributed by atoms with van der Waals surface area (Å²) in [4.78, 5) is 0. The van der Waals surface area contributed by atoms with E-state index in [1.54, 1.807) is 4.68 Å². The second kappa shape index (κ2) is 4.47. The van der Waals surface area contributed by atoms with Gasteiger partial charge in [0.05, 0.1) is 11.4 Å². The Balaban J connectivity index is 2.57. The number of nitrogens with two attached hydrogens (primary N) is 1. The third kappa shape index (κ3) is 2.18. The highest BCUT2D eigenvalue weighted by molar-refractivity contribution is 6.30. The van der Waals surface area contributed by atoms with Gasteiger partial charge < -0.3 is 5.73 Å². The maximum atomic E-state index is 6.00. The molecule has 2 N–H and O–H groups in total. The van der Waals surface area contributed by atoms with Gasteiger partial charge in [-0.05, 0) is 38.5 Å². The minimum atomic E-state index is -0.122. The lowest BCUT2D eigenvalue weighted by Crippen LogP contribution is -2.08. The Morgan fingerprint density at radius 2 is 2.06 bits per heavy atom. The third-order valence-electron chi connectivity index (χ3n) is 2.76. The lowest BCUT2D eigenvalue weighted by atomic mass is 10.2. The van der Waals surface area contributed by atoms with E-state index in [4.69, 9.17) is 17.3 Å². The fourth-order valence-corrected chi connectivity index (χ4v) is 1.97. The maximum Gasteiger partial charge on any atom is 0.102 e. The van der Waals surface area contributed by atoms with Crippen molar-refractivity contribution in [3.8, 4) is 5.69 Å². The van der Waals surface area contributed by atoms with E-state index >= 15 is 0 Å². The molecule has 1 heterocycles. The van der Waals surface area contributed by atoms with Crippen LogP contribution in [0.2, 0.25) is 5.02 Å². The predicted octanol–water partition coefficient (Wildman–Crippen LogP) is 2.56. The molecule has 17 heavy (non-hydrogen) atoms. The molecule has 1 unspecified atom stereocenters. The SMILES string of the molecule is Cc1ccc(Cl)cc1-n1nnc(C(C)N)c1C. The molecule has 0 fully saturated rings. The summed E-state index contributed by atoms with van der Waals surface area (Å²) in [6.45, 7) is 5.86. The third-order valence-corrected chi connectivity index (χ3v) is 3.00. The van der Waals surface area contributed by atoms with Crippen LogP contribution in [0.5, 0.6) is 0 Å². The van der Waals surface area contributed by atoms with E-state index in [-0.39, 0.29) is 6.04 Å². The number of halogens is 1. The van der Waals surface area contributed by atoms with Crippen molar-refractivity contribution in [3.05, 3.63) is 40.2 Å². The van der Waals surface area contributed by atoms with Crippen molar-refractivity contribution in [2.75, 3.05) is 0 Å². The molecule has 0 saturated carbocycles. The van der Waals surface area contributed by atoms with Gasteiger partial charge in [-0.25, -0.2) is 4.68 Å². The summed E-state index contributed by atoms with van der Waals surface area (Å²) >= 11 is 6.00. The molecule has 0 amide bonds. The Hall–Kier alpha value is -1.39. The van der Waals surface area contributed by atoms with Crippen LogP contribution >= 0.6 is 11.6 Å². The fourth-order valence-electron chi connectivity index (χ4n) is 1.80. The summed E-state index contributed by atoms with van der Waals surface area (Å²) in [6, 6.07) is 5.58. The van der Waals surface area contributed by atoms with E-state index in [2.05, 4.69) is 10.3 Å². The molecular formula is C12H15ClN4. The van der Waals surface area contributed by atoms with Gasteiger partial charge in [0, 0.05) is 11.1 Å². The topological polar surface area (TPSA) is 56.7 Å². The van der Waals surface area contributed by atoms with Crippen molar-refractivity contribution in [2.45, 2.75) is 26.8 Å². The Bertz CT molecular complexity index is 545. The Morgan fingerprint density at radius 3 is 2.65 bits per heavy atom. The van der Waals surface area contributed by atoms with E-state index < -0.39 is 0 Å². The predicted molar refractivity (Wildman–Crippen MR) is 68.4 cm³/mol. The first-order valence-corrected chi connectivity index (χ1v) is 5.83. The molecule has 0 saturated heterocycles. The number of aromatic nitrogens is 3. The molecule has 0 aliphatic carbocycles. The number of nitrogens with zero attached hydrogens (tertiary/aromatic N) is 3. The highest BCUT2D eigenvalue weighted by Gasteiger charge is 2.14. The number of hydrogen-bond donors (Lipinski definition) is 1. The van der Waals surface area contributed by atoms with Gasteiger partial charge in [0.25, 0.3) is 0 Å². The van der Waals surface area contributed by atoms with Crippen molar-refractivity contribution in [1.82, 2.24) is 15.0 Å². The van der Waals surface area contributed by atoms with Gasteiger partial charge in [0.15, 0.2) is 0 Å². The van der Waals surface area contributed by atoms with E-state index in [1.807, 2.05) is 39.0 Å². The van der Waals surface area contributed by atoms with Gasteiger partial charge in [-0.2, -0.15) is 0 Å². The zero-order valence-corrected chi connectivity index (χ0v) is 10.9. The lowest BCUT2D eigenvalue weighted by Gasteiger charge is -2.08. The molecule has 0 aliphatic rings. The van der Waals surface area contributed by atoms with Crippen LogP contribution < -0.4 is 5.73 Å². The van der Waals surface area contributed by atoms with Crippen LogP contribution in [0, 0.1) is 13.8 Å². The summed E-state index contributed by atoms with van der Waals surface area (Å²) in [7, 11) is 0. The van der Waals surface area contributed by atoms with Gasteiger partial charge in [-0.3, -0.25) is 0 Å². The molecule has 1 aromatic carbocycles. The molecule has 0 radical (unpaired) electrons. The largest absolute Gasteiger partial charge is 0.323 e. The molecule has 90 valence electrons. The number of benzene rings is 1. The first-order chi connectivity index (χ1) is 8.00. The maximum absolute atomic E-state index is 6.00. The van der Waals surface area contributed by atoms with E-state index in [9.17, 15) is 0 Å². The van der Waals surface area contributed by atoms with Crippen molar-refractivity contribution in [1.29, 1.82) is 0 Å². The summed E-state index contributed by atoms with van der Waals surface area (Å²) in [6.07, 6.45) is 0. The molecule has 4 nitrogen and oxygen atoms in total. The van der Waals surface area contributed by atoms with Crippen LogP contribution in [0.1, 0.15) is 29.9 Å². The van der Waals surface area contributed by atoms with Crippen molar-refractivity contribution in [2.24, 2.45) is 5.73 Å². The second-order valence-corrected chi connectivity index (χ2v) is 4.63. The molecule has 2 rings (SSSR count). The van der Waals surface area contributed by atoms with E-state index in [1.165, 1.54) is 0 Å². The first-order valence-electron chi connectivity index (χ1n) is 5.45. The molecule has 1 atom stereocenters. The van der Waals surface area contributed by atoms with Gasteiger partial charge in [0.1, 0.15) is 5.69 Å². The zero-order chi connectivity index (χ0) is 12.6. The molecule has 5 heteroatoms. The first kappa shape index (κ1) is 12.1.